The number of hydrogen-bond donors (Lipinski definition) is 1. The van der Waals surface area contributed by atoms with Crippen LogP contribution >= 0.6 is 22.9 Å². The normalized spacial score (nSPS) is 11.2. The minimum absolute atomic E-state index is 0.484. The standard InChI is InChI=1S/C12H11ClN4S/c1-7-15-9(6-18-7)5-17-11-4-8(13)2-3-10(11)16-12(17)14/h2-4,6H,5H2,1H3,(H2,14,16). The summed E-state index contributed by atoms with van der Waals surface area (Å²) in [7, 11) is 0. The topological polar surface area (TPSA) is 56.7 Å². The van der Waals surface area contributed by atoms with Crippen LogP contribution in [-0.4, -0.2) is 14.5 Å². The number of anilines is 1. The van der Waals surface area contributed by atoms with E-state index < -0.39 is 0 Å². The highest BCUT2D eigenvalue weighted by Gasteiger charge is 2.10. The SMILES string of the molecule is Cc1nc(Cn2c(N)nc3ccc(Cl)cc32)cs1. The van der Waals surface area contributed by atoms with Crippen LogP contribution < -0.4 is 5.73 Å². The molecule has 6 heteroatoms. The van der Waals surface area contributed by atoms with Gasteiger partial charge in [0.15, 0.2) is 0 Å². The molecule has 0 amide bonds. The molecule has 2 N–H and O–H groups in total. The van der Waals surface area contributed by atoms with Gasteiger partial charge in [0.1, 0.15) is 0 Å². The maximum Gasteiger partial charge on any atom is 0.201 e. The minimum Gasteiger partial charge on any atom is -0.369 e. The predicted octanol–water partition coefficient (Wildman–Crippen LogP) is 3.09. The second-order valence-corrected chi connectivity index (χ2v) is 5.55. The summed E-state index contributed by atoms with van der Waals surface area (Å²) in [6.07, 6.45) is 0. The lowest BCUT2D eigenvalue weighted by Crippen LogP contribution is -2.04. The summed E-state index contributed by atoms with van der Waals surface area (Å²) in [4.78, 5) is 8.75. The lowest BCUT2D eigenvalue weighted by molar-refractivity contribution is 0.813. The van der Waals surface area contributed by atoms with Crippen LogP contribution in [0.4, 0.5) is 5.95 Å². The van der Waals surface area contributed by atoms with Crippen LogP contribution in [-0.2, 0) is 6.54 Å². The third kappa shape index (κ3) is 1.95. The van der Waals surface area contributed by atoms with Gasteiger partial charge < -0.3 is 10.3 Å². The summed E-state index contributed by atoms with van der Waals surface area (Å²) in [5, 5.41) is 3.76. The number of nitrogens with two attached hydrogens (primary N) is 1. The fourth-order valence-electron chi connectivity index (χ4n) is 1.92. The highest BCUT2D eigenvalue weighted by Crippen LogP contribution is 2.23. The fourth-order valence-corrected chi connectivity index (χ4v) is 2.69. The molecule has 0 aliphatic carbocycles. The summed E-state index contributed by atoms with van der Waals surface area (Å²) < 4.78 is 1.93. The van der Waals surface area contributed by atoms with Crippen LogP contribution in [0.3, 0.4) is 0 Å². The molecule has 0 bridgehead atoms. The van der Waals surface area contributed by atoms with E-state index in [4.69, 9.17) is 17.3 Å². The number of nitrogen functional groups attached to an aromatic ring is 1. The first-order valence-electron chi connectivity index (χ1n) is 5.46. The Bertz CT molecular complexity index is 716. The second-order valence-electron chi connectivity index (χ2n) is 4.05. The van der Waals surface area contributed by atoms with Gasteiger partial charge in [0.05, 0.1) is 28.3 Å². The Hall–Kier alpha value is -1.59. The van der Waals surface area contributed by atoms with Crippen molar-refractivity contribution in [1.82, 2.24) is 14.5 Å². The van der Waals surface area contributed by atoms with E-state index in [1.807, 2.05) is 35.1 Å². The smallest absolute Gasteiger partial charge is 0.201 e. The zero-order valence-electron chi connectivity index (χ0n) is 9.72. The summed E-state index contributed by atoms with van der Waals surface area (Å²) in [6, 6.07) is 5.56. The molecule has 0 aliphatic rings. The van der Waals surface area contributed by atoms with Crippen molar-refractivity contribution in [2.75, 3.05) is 5.73 Å². The highest BCUT2D eigenvalue weighted by molar-refractivity contribution is 7.09. The fraction of sp³-hybridized carbons (Fsp3) is 0.167. The predicted molar refractivity (Wildman–Crippen MR) is 75.1 cm³/mol. The number of thiazole rings is 1. The van der Waals surface area contributed by atoms with Crippen LogP contribution in [0.25, 0.3) is 11.0 Å². The Labute approximate surface area is 113 Å². The number of nitrogens with zero attached hydrogens (tertiary/aromatic N) is 3. The van der Waals surface area contributed by atoms with Gasteiger partial charge in [0.25, 0.3) is 0 Å². The van der Waals surface area contributed by atoms with Gasteiger partial charge >= 0.3 is 0 Å². The van der Waals surface area contributed by atoms with E-state index in [2.05, 4.69) is 9.97 Å². The number of imidazole rings is 1. The molecule has 2 heterocycles. The monoisotopic (exact) mass is 278 g/mol. The maximum atomic E-state index is 6.01. The van der Waals surface area contributed by atoms with Crippen molar-refractivity contribution >= 4 is 39.9 Å². The van der Waals surface area contributed by atoms with Crippen molar-refractivity contribution in [2.45, 2.75) is 13.5 Å². The molecule has 2 aromatic heterocycles. The van der Waals surface area contributed by atoms with Crippen LogP contribution in [0, 0.1) is 6.92 Å². The quantitative estimate of drug-likeness (QED) is 0.784. The molecule has 0 atom stereocenters. The van der Waals surface area contributed by atoms with Crippen LogP contribution in [0.5, 0.6) is 0 Å². The molecule has 0 fully saturated rings. The maximum absolute atomic E-state index is 6.01. The van der Waals surface area contributed by atoms with Gasteiger partial charge in [-0.1, -0.05) is 11.6 Å². The zero-order valence-corrected chi connectivity index (χ0v) is 11.3. The summed E-state index contributed by atoms with van der Waals surface area (Å²) in [6.45, 7) is 2.60. The molecule has 1 aromatic carbocycles. The van der Waals surface area contributed by atoms with Gasteiger partial charge in [-0.05, 0) is 25.1 Å². The average molecular weight is 279 g/mol. The molecule has 0 saturated carbocycles. The number of fused-ring (bicyclic) bond motifs is 1. The first-order valence-corrected chi connectivity index (χ1v) is 6.71. The van der Waals surface area contributed by atoms with Gasteiger partial charge in [-0.15, -0.1) is 11.3 Å². The lowest BCUT2D eigenvalue weighted by Gasteiger charge is -2.04. The molecule has 4 nitrogen and oxygen atoms in total. The molecule has 3 rings (SSSR count). The molecule has 3 aromatic rings. The molecular formula is C12H11ClN4S. The second kappa shape index (κ2) is 4.26. The molecule has 0 saturated heterocycles. The van der Waals surface area contributed by atoms with Crippen LogP contribution in [0.2, 0.25) is 5.02 Å². The van der Waals surface area contributed by atoms with Crippen molar-refractivity contribution < 1.29 is 0 Å². The Kier molecular flexibility index (Phi) is 2.72. The van der Waals surface area contributed by atoms with Crippen LogP contribution in [0.15, 0.2) is 23.6 Å². The first-order chi connectivity index (χ1) is 8.63. The number of hydrogen-bond acceptors (Lipinski definition) is 4. The van der Waals surface area contributed by atoms with E-state index in [9.17, 15) is 0 Å². The van der Waals surface area contributed by atoms with Crippen molar-refractivity contribution in [3.05, 3.63) is 39.3 Å². The van der Waals surface area contributed by atoms with E-state index in [-0.39, 0.29) is 0 Å². The van der Waals surface area contributed by atoms with Crippen LogP contribution in [0.1, 0.15) is 10.7 Å². The van der Waals surface area contributed by atoms with Crippen molar-refractivity contribution in [2.24, 2.45) is 0 Å². The molecule has 0 aliphatic heterocycles. The third-order valence-electron chi connectivity index (χ3n) is 2.73. The molecule has 18 heavy (non-hydrogen) atoms. The molecular weight excluding hydrogens is 268 g/mol. The van der Waals surface area contributed by atoms with E-state index in [1.54, 1.807) is 11.3 Å². The Morgan fingerprint density at radius 2 is 2.22 bits per heavy atom. The van der Waals surface area contributed by atoms with Crippen molar-refractivity contribution in [3.8, 4) is 0 Å². The van der Waals surface area contributed by atoms with Gasteiger partial charge in [-0.3, -0.25) is 0 Å². The summed E-state index contributed by atoms with van der Waals surface area (Å²) >= 11 is 7.64. The molecule has 0 radical (unpaired) electrons. The highest BCUT2D eigenvalue weighted by atomic mass is 35.5. The number of halogens is 1. The molecule has 0 unspecified atom stereocenters. The zero-order chi connectivity index (χ0) is 12.7. The van der Waals surface area contributed by atoms with E-state index in [0.29, 0.717) is 17.5 Å². The van der Waals surface area contributed by atoms with Gasteiger partial charge in [0.2, 0.25) is 5.95 Å². The minimum atomic E-state index is 0.484. The van der Waals surface area contributed by atoms with Gasteiger partial charge in [-0.25, -0.2) is 9.97 Å². The summed E-state index contributed by atoms with van der Waals surface area (Å²) in [5.74, 6) is 0.484. The average Bonchev–Trinajstić information content (AvgIpc) is 2.86. The van der Waals surface area contributed by atoms with E-state index in [1.165, 1.54) is 0 Å². The number of rotatable bonds is 2. The van der Waals surface area contributed by atoms with Gasteiger partial charge in [-0.2, -0.15) is 0 Å². The van der Waals surface area contributed by atoms with Crippen molar-refractivity contribution in [3.63, 3.8) is 0 Å². The summed E-state index contributed by atoms with van der Waals surface area (Å²) in [5.41, 5.74) is 8.72. The Balaban J connectivity index is 2.10. The third-order valence-corrected chi connectivity index (χ3v) is 3.78. The van der Waals surface area contributed by atoms with E-state index >= 15 is 0 Å². The van der Waals surface area contributed by atoms with Gasteiger partial charge in [0, 0.05) is 10.4 Å². The number of aromatic nitrogens is 3. The van der Waals surface area contributed by atoms with Crippen molar-refractivity contribution in [1.29, 1.82) is 0 Å². The largest absolute Gasteiger partial charge is 0.369 e. The van der Waals surface area contributed by atoms with E-state index in [0.717, 1.165) is 21.7 Å². The molecule has 0 spiro atoms. The number of aryl methyl sites for hydroxylation is 1. The number of benzene rings is 1. The lowest BCUT2D eigenvalue weighted by atomic mass is 10.3. The Morgan fingerprint density at radius 3 is 2.94 bits per heavy atom. The Morgan fingerprint density at radius 1 is 1.39 bits per heavy atom. The molecule has 92 valence electrons. The first kappa shape index (κ1) is 11.5.